The monoisotopic (exact) mass is 398 g/mol. The molecule has 0 aromatic heterocycles. The Hall–Kier alpha value is -3.63. The topological polar surface area (TPSA) is 51.5 Å². The molecule has 1 heterocycles. The van der Waals surface area contributed by atoms with E-state index in [4.69, 9.17) is 22.1 Å². The molecule has 0 unspecified atom stereocenters. The molecule has 29 heavy (non-hydrogen) atoms. The van der Waals surface area contributed by atoms with Gasteiger partial charge in [-0.25, -0.2) is 5.01 Å². The first-order valence-electron chi connectivity index (χ1n) is 9.12. The molecule has 142 valence electrons. The zero-order chi connectivity index (χ0) is 20.2. The van der Waals surface area contributed by atoms with Gasteiger partial charge in [-0.3, -0.25) is 0 Å². The number of hydrogen-bond donors (Lipinski definition) is 2. The molecule has 4 rings (SSSR count). The molecule has 0 amide bonds. The van der Waals surface area contributed by atoms with Crippen LogP contribution in [0.15, 0.2) is 108 Å². The predicted octanol–water partition coefficient (Wildman–Crippen LogP) is 6.38. The van der Waals surface area contributed by atoms with Gasteiger partial charge in [0.2, 0.25) is 0 Å². The fourth-order valence-corrected chi connectivity index (χ4v) is 3.36. The number of nitrogens with zero attached hydrogens (tertiary/aromatic N) is 2. The number of halogens is 1. The summed E-state index contributed by atoms with van der Waals surface area (Å²) in [5, 5.41) is 20.4. The van der Waals surface area contributed by atoms with Crippen molar-refractivity contribution in [1.82, 2.24) is 0 Å². The highest BCUT2D eigenvalue weighted by Crippen LogP contribution is 2.27. The van der Waals surface area contributed by atoms with Gasteiger partial charge in [-0.05, 0) is 47.4 Å². The molecule has 0 radical (unpaired) electrons. The Kier molecular flexibility index (Phi) is 5.27. The number of fused-ring (bicyclic) bond motifs is 1. The van der Waals surface area contributed by atoms with Crippen molar-refractivity contribution in [3.8, 4) is 0 Å². The first-order chi connectivity index (χ1) is 14.2. The maximum atomic E-state index is 7.61. The Morgan fingerprint density at radius 2 is 1.86 bits per heavy atom. The highest BCUT2D eigenvalue weighted by Gasteiger charge is 2.17. The van der Waals surface area contributed by atoms with Crippen LogP contribution in [0, 0.1) is 5.41 Å². The van der Waals surface area contributed by atoms with Gasteiger partial charge in [-0.2, -0.15) is 5.10 Å². The van der Waals surface area contributed by atoms with Crippen molar-refractivity contribution in [1.29, 1.82) is 5.41 Å². The van der Waals surface area contributed by atoms with E-state index in [1.54, 1.807) is 11.1 Å². The summed E-state index contributed by atoms with van der Waals surface area (Å²) in [6.45, 7) is 4.12. The SMILES string of the molecule is C=C1C=CN(c2cccc(Cl)c2)N=C1/C(=C/C=N)Nc1cccc2ccccc12. The second kappa shape index (κ2) is 8.17. The summed E-state index contributed by atoms with van der Waals surface area (Å²) in [6, 6.07) is 21.7. The molecule has 0 bridgehead atoms. The summed E-state index contributed by atoms with van der Waals surface area (Å²) in [5.74, 6) is 0. The molecular formula is C24H19ClN4. The molecule has 0 aliphatic carbocycles. The maximum absolute atomic E-state index is 7.61. The Morgan fingerprint density at radius 1 is 1.07 bits per heavy atom. The van der Waals surface area contributed by atoms with E-state index in [-0.39, 0.29) is 0 Å². The third-order valence-corrected chi connectivity index (χ3v) is 4.80. The lowest BCUT2D eigenvalue weighted by Crippen LogP contribution is -2.22. The number of rotatable bonds is 5. The lowest BCUT2D eigenvalue weighted by Gasteiger charge is -2.23. The summed E-state index contributed by atoms with van der Waals surface area (Å²) in [4.78, 5) is 0. The van der Waals surface area contributed by atoms with Crippen molar-refractivity contribution < 1.29 is 0 Å². The van der Waals surface area contributed by atoms with Gasteiger partial charge in [0, 0.05) is 28.5 Å². The fraction of sp³-hybridized carbons (Fsp3) is 0. The van der Waals surface area contributed by atoms with Crippen molar-refractivity contribution in [3.63, 3.8) is 0 Å². The third kappa shape index (κ3) is 3.98. The fourth-order valence-electron chi connectivity index (χ4n) is 3.18. The first-order valence-corrected chi connectivity index (χ1v) is 9.50. The molecule has 0 saturated heterocycles. The molecular weight excluding hydrogens is 380 g/mol. The van der Waals surface area contributed by atoms with Gasteiger partial charge in [-0.1, -0.05) is 60.6 Å². The van der Waals surface area contributed by atoms with Crippen LogP contribution in [-0.2, 0) is 0 Å². The lowest BCUT2D eigenvalue weighted by molar-refractivity contribution is 1.06. The lowest BCUT2D eigenvalue weighted by atomic mass is 10.1. The Bertz CT molecular complexity index is 1180. The van der Waals surface area contributed by atoms with E-state index in [1.807, 2.05) is 60.8 Å². The van der Waals surface area contributed by atoms with E-state index in [0.717, 1.165) is 27.7 Å². The van der Waals surface area contributed by atoms with Crippen molar-refractivity contribution in [3.05, 3.63) is 108 Å². The molecule has 5 heteroatoms. The summed E-state index contributed by atoms with van der Waals surface area (Å²) < 4.78 is 0. The summed E-state index contributed by atoms with van der Waals surface area (Å²) >= 11 is 6.13. The van der Waals surface area contributed by atoms with Crippen LogP contribution in [0.25, 0.3) is 10.8 Å². The number of hydrogen-bond acceptors (Lipinski definition) is 4. The number of nitrogens with one attached hydrogen (secondary N) is 2. The molecule has 2 N–H and O–H groups in total. The van der Waals surface area contributed by atoms with Gasteiger partial charge < -0.3 is 10.7 Å². The van der Waals surface area contributed by atoms with Crippen LogP contribution in [0.1, 0.15) is 0 Å². The smallest absolute Gasteiger partial charge is 0.114 e. The van der Waals surface area contributed by atoms with Crippen molar-refractivity contribution in [2.75, 3.05) is 10.3 Å². The van der Waals surface area contributed by atoms with Gasteiger partial charge in [0.15, 0.2) is 0 Å². The zero-order valence-electron chi connectivity index (χ0n) is 15.6. The Balaban J connectivity index is 1.73. The van der Waals surface area contributed by atoms with E-state index in [9.17, 15) is 0 Å². The van der Waals surface area contributed by atoms with E-state index in [0.29, 0.717) is 16.4 Å². The standard InChI is InChI=1S/C24H19ClN4/c1-17-13-15-29(20-9-5-8-19(25)16-20)28-24(17)23(12-14-26)27-22-11-4-7-18-6-2-3-10-21(18)22/h2-16,26-27H,1H2/b23-12-,26-14?. The number of benzene rings is 3. The quantitative estimate of drug-likeness (QED) is 0.489. The van der Waals surface area contributed by atoms with Gasteiger partial charge in [-0.15, -0.1) is 0 Å². The van der Waals surface area contributed by atoms with Crippen LogP contribution >= 0.6 is 11.6 Å². The number of allylic oxidation sites excluding steroid dienone is 3. The molecule has 4 nitrogen and oxygen atoms in total. The Labute approximate surface area is 174 Å². The van der Waals surface area contributed by atoms with Gasteiger partial charge in [0.1, 0.15) is 5.71 Å². The second-order valence-corrected chi connectivity index (χ2v) is 6.95. The van der Waals surface area contributed by atoms with Crippen LogP contribution < -0.4 is 10.3 Å². The highest BCUT2D eigenvalue weighted by molar-refractivity contribution is 6.30. The minimum Gasteiger partial charge on any atom is -0.353 e. The molecule has 0 saturated carbocycles. The molecule has 3 aromatic rings. The normalized spacial score (nSPS) is 14.1. The third-order valence-electron chi connectivity index (χ3n) is 4.57. The Morgan fingerprint density at radius 3 is 2.69 bits per heavy atom. The predicted molar refractivity (Wildman–Crippen MR) is 124 cm³/mol. The summed E-state index contributed by atoms with van der Waals surface area (Å²) in [6.07, 6.45) is 6.66. The van der Waals surface area contributed by atoms with Crippen molar-refractivity contribution in [2.24, 2.45) is 5.10 Å². The first kappa shape index (κ1) is 18.7. The number of anilines is 2. The van der Waals surface area contributed by atoms with Gasteiger partial charge >= 0.3 is 0 Å². The van der Waals surface area contributed by atoms with Crippen LogP contribution in [-0.4, -0.2) is 11.9 Å². The molecule has 3 aromatic carbocycles. The molecule has 0 fully saturated rings. The molecule has 0 spiro atoms. The van der Waals surface area contributed by atoms with E-state index >= 15 is 0 Å². The largest absolute Gasteiger partial charge is 0.353 e. The minimum absolute atomic E-state index is 0.640. The highest BCUT2D eigenvalue weighted by atomic mass is 35.5. The molecule has 0 atom stereocenters. The maximum Gasteiger partial charge on any atom is 0.114 e. The zero-order valence-corrected chi connectivity index (χ0v) is 16.4. The van der Waals surface area contributed by atoms with Crippen LogP contribution in [0.3, 0.4) is 0 Å². The second-order valence-electron chi connectivity index (χ2n) is 6.51. The number of hydrazone groups is 1. The van der Waals surface area contributed by atoms with Crippen molar-refractivity contribution in [2.45, 2.75) is 0 Å². The van der Waals surface area contributed by atoms with Gasteiger partial charge in [0.05, 0.1) is 11.4 Å². The molecule has 1 aliphatic heterocycles. The minimum atomic E-state index is 0.640. The summed E-state index contributed by atoms with van der Waals surface area (Å²) in [5.41, 5.74) is 3.89. The average molecular weight is 399 g/mol. The van der Waals surface area contributed by atoms with E-state index in [1.165, 1.54) is 6.21 Å². The van der Waals surface area contributed by atoms with E-state index < -0.39 is 0 Å². The molecule has 1 aliphatic rings. The van der Waals surface area contributed by atoms with Crippen LogP contribution in [0.4, 0.5) is 11.4 Å². The van der Waals surface area contributed by atoms with Crippen molar-refractivity contribution >= 4 is 45.7 Å². The van der Waals surface area contributed by atoms with Crippen LogP contribution in [0.5, 0.6) is 0 Å². The summed E-state index contributed by atoms with van der Waals surface area (Å²) in [7, 11) is 0. The van der Waals surface area contributed by atoms with Gasteiger partial charge in [0.25, 0.3) is 0 Å². The van der Waals surface area contributed by atoms with E-state index in [2.05, 4.69) is 30.1 Å². The van der Waals surface area contributed by atoms with Crippen LogP contribution in [0.2, 0.25) is 5.02 Å². The average Bonchev–Trinajstić information content (AvgIpc) is 2.74.